The van der Waals surface area contributed by atoms with Crippen LogP contribution in [0.15, 0.2) is 45.7 Å². The van der Waals surface area contributed by atoms with Gasteiger partial charge in [-0.05, 0) is 12.1 Å². The number of para-hydroxylation sites is 1. The van der Waals surface area contributed by atoms with E-state index in [0.29, 0.717) is 12.1 Å². The molecule has 0 N–H and O–H groups in total. The molecule has 0 fully saturated rings. The summed E-state index contributed by atoms with van der Waals surface area (Å²) in [6.07, 6.45) is 1.81. The van der Waals surface area contributed by atoms with E-state index in [1.807, 2.05) is 24.3 Å². The van der Waals surface area contributed by atoms with E-state index in [9.17, 15) is 10.1 Å². The Morgan fingerprint density at radius 2 is 2.09 bits per heavy atom. The first-order valence-corrected chi connectivity index (χ1v) is 6.60. The van der Waals surface area contributed by atoms with E-state index in [1.165, 1.54) is 10.9 Å². The minimum atomic E-state index is -0.541. The zero-order chi connectivity index (χ0) is 15.5. The summed E-state index contributed by atoms with van der Waals surface area (Å²) < 4.78 is 6.76. The van der Waals surface area contributed by atoms with Crippen LogP contribution in [0.5, 0.6) is 0 Å². The predicted octanol–water partition coefficient (Wildman–Crippen LogP) is 2.44. The van der Waals surface area contributed by atoms with Crippen molar-refractivity contribution < 1.29 is 4.42 Å². The zero-order valence-corrected chi connectivity index (χ0v) is 11.5. The van der Waals surface area contributed by atoms with Crippen LogP contribution in [-0.2, 0) is 6.54 Å². The Labute approximate surface area is 125 Å². The van der Waals surface area contributed by atoms with Crippen molar-refractivity contribution in [3.05, 3.63) is 52.5 Å². The molecule has 0 aliphatic carbocycles. The van der Waals surface area contributed by atoms with Crippen molar-refractivity contribution in [1.82, 2.24) is 9.78 Å². The lowest BCUT2D eigenvalue weighted by Gasteiger charge is -2.00. The van der Waals surface area contributed by atoms with Crippen LogP contribution in [0.1, 0.15) is 12.0 Å². The van der Waals surface area contributed by atoms with Gasteiger partial charge in [-0.15, -0.1) is 0 Å². The molecule has 0 saturated heterocycles. The normalized spacial score (nSPS) is 10.3. The molecular weight excluding hydrogens is 280 g/mol. The molecule has 106 valence electrons. The Morgan fingerprint density at radius 3 is 2.86 bits per heavy atom. The van der Waals surface area contributed by atoms with Crippen molar-refractivity contribution >= 4 is 11.0 Å². The molecule has 0 spiro atoms. The Kier molecular flexibility index (Phi) is 3.43. The molecule has 0 atom stereocenters. The average Bonchev–Trinajstić information content (AvgIpc) is 2.95. The monoisotopic (exact) mass is 290 g/mol. The minimum absolute atomic E-state index is 0.242. The summed E-state index contributed by atoms with van der Waals surface area (Å²) in [5.74, 6) is 0. The highest BCUT2D eigenvalue weighted by molar-refractivity contribution is 5.81. The van der Waals surface area contributed by atoms with E-state index in [-0.39, 0.29) is 23.2 Å². The first-order chi connectivity index (χ1) is 10.7. The van der Waals surface area contributed by atoms with E-state index in [1.54, 1.807) is 18.2 Å². The average molecular weight is 290 g/mol. The fraction of sp³-hybridized carbons (Fsp3) is 0.125. The summed E-state index contributed by atoms with van der Waals surface area (Å²) in [5, 5.41) is 22.8. The van der Waals surface area contributed by atoms with E-state index in [2.05, 4.69) is 5.10 Å². The van der Waals surface area contributed by atoms with Crippen molar-refractivity contribution in [1.29, 1.82) is 10.5 Å². The lowest BCUT2D eigenvalue weighted by Crippen LogP contribution is -2.05. The van der Waals surface area contributed by atoms with Gasteiger partial charge in [0.05, 0.1) is 30.2 Å². The fourth-order valence-electron chi connectivity index (χ4n) is 2.21. The third-order valence-corrected chi connectivity index (χ3v) is 3.23. The van der Waals surface area contributed by atoms with Gasteiger partial charge in [0.25, 0.3) is 0 Å². The molecule has 22 heavy (non-hydrogen) atoms. The number of fused-ring (bicyclic) bond motifs is 1. The lowest BCUT2D eigenvalue weighted by molar-refractivity contribution is 0.562. The SMILES string of the molecule is N#CCCn1cc(C#N)c(-c2cc3ccccc3oc2=O)n1. The quantitative estimate of drug-likeness (QED) is 0.690. The molecular formula is C16H10N4O2. The van der Waals surface area contributed by atoms with E-state index in [4.69, 9.17) is 9.68 Å². The molecule has 0 saturated carbocycles. The van der Waals surface area contributed by atoms with Gasteiger partial charge in [0.1, 0.15) is 17.3 Å². The molecule has 2 heterocycles. The van der Waals surface area contributed by atoms with Gasteiger partial charge in [-0.1, -0.05) is 18.2 Å². The predicted molar refractivity (Wildman–Crippen MR) is 78.7 cm³/mol. The Morgan fingerprint density at radius 1 is 1.27 bits per heavy atom. The van der Waals surface area contributed by atoms with Crippen LogP contribution in [0, 0.1) is 22.7 Å². The van der Waals surface area contributed by atoms with E-state index in [0.717, 1.165) is 5.39 Å². The molecule has 3 aromatic rings. The molecule has 6 nitrogen and oxygen atoms in total. The van der Waals surface area contributed by atoms with Crippen LogP contribution in [0.25, 0.3) is 22.2 Å². The Bertz CT molecular complexity index is 986. The number of aromatic nitrogens is 2. The third kappa shape index (κ3) is 2.34. The molecule has 3 rings (SSSR count). The molecule has 0 unspecified atom stereocenters. The number of rotatable bonds is 3. The van der Waals surface area contributed by atoms with E-state index >= 15 is 0 Å². The van der Waals surface area contributed by atoms with Crippen LogP contribution >= 0.6 is 0 Å². The lowest BCUT2D eigenvalue weighted by atomic mass is 10.1. The molecule has 0 bridgehead atoms. The molecule has 1 aromatic carbocycles. The van der Waals surface area contributed by atoms with Crippen molar-refractivity contribution in [3.63, 3.8) is 0 Å². The number of hydrogen-bond acceptors (Lipinski definition) is 5. The van der Waals surface area contributed by atoms with Gasteiger partial charge in [0.2, 0.25) is 0 Å². The van der Waals surface area contributed by atoms with Crippen molar-refractivity contribution in [3.8, 4) is 23.4 Å². The van der Waals surface area contributed by atoms with Gasteiger partial charge in [-0.2, -0.15) is 15.6 Å². The Hall–Kier alpha value is -3.38. The summed E-state index contributed by atoms with van der Waals surface area (Å²) in [5.41, 5.74) is 0.742. The topological polar surface area (TPSA) is 95.6 Å². The second kappa shape index (κ2) is 5.55. The van der Waals surface area contributed by atoms with Crippen LogP contribution in [0.4, 0.5) is 0 Å². The van der Waals surface area contributed by atoms with Crippen molar-refractivity contribution in [2.75, 3.05) is 0 Å². The maximum Gasteiger partial charge on any atom is 0.345 e. The molecule has 6 heteroatoms. The van der Waals surface area contributed by atoms with E-state index < -0.39 is 5.63 Å². The summed E-state index contributed by atoms with van der Waals surface area (Å²) in [4.78, 5) is 12.1. The number of benzene rings is 1. The van der Waals surface area contributed by atoms with Gasteiger partial charge >= 0.3 is 5.63 Å². The molecule has 0 radical (unpaired) electrons. The van der Waals surface area contributed by atoms with Crippen LogP contribution < -0.4 is 5.63 Å². The van der Waals surface area contributed by atoms with Gasteiger partial charge < -0.3 is 4.42 Å². The van der Waals surface area contributed by atoms with Gasteiger partial charge in [0, 0.05) is 11.6 Å². The maximum atomic E-state index is 12.1. The largest absolute Gasteiger partial charge is 0.422 e. The summed E-state index contributed by atoms with van der Waals surface area (Å²) in [6.45, 7) is 0.365. The highest BCUT2D eigenvalue weighted by Crippen LogP contribution is 2.22. The zero-order valence-electron chi connectivity index (χ0n) is 11.5. The smallest absolute Gasteiger partial charge is 0.345 e. The minimum Gasteiger partial charge on any atom is -0.422 e. The second-order valence-electron chi connectivity index (χ2n) is 4.66. The number of nitrogens with zero attached hydrogens (tertiary/aromatic N) is 4. The van der Waals surface area contributed by atoms with Crippen molar-refractivity contribution in [2.45, 2.75) is 13.0 Å². The molecule has 0 aliphatic heterocycles. The fourth-order valence-corrected chi connectivity index (χ4v) is 2.21. The standard InChI is InChI=1S/C16H10N4O2/c17-6-3-7-20-10-12(9-18)15(19-20)13-8-11-4-1-2-5-14(11)22-16(13)21/h1-2,4-5,8,10H,3,7H2. The molecule has 0 amide bonds. The third-order valence-electron chi connectivity index (χ3n) is 3.23. The number of aryl methyl sites for hydroxylation is 1. The maximum absolute atomic E-state index is 12.1. The second-order valence-corrected chi connectivity index (χ2v) is 4.66. The number of nitriles is 2. The summed E-state index contributed by atoms with van der Waals surface area (Å²) >= 11 is 0. The first-order valence-electron chi connectivity index (χ1n) is 6.60. The summed E-state index contributed by atoms with van der Waals surface area (Å²) in [6, 6.07) is 12.8. The first kappa shape index (κ1) is 13.6. The van der Waals surface area contributed by atoms with Crippen molar-refractivity contribution in [2.24, 2.45) is 0 Å². The molecule has 2 aromatic heterocycles. The van der Waals surface area contributed by atoms with Crippen LogP contribution in [0.3, 0.4) is 0 Å². The Balaban J connectivity index is 2.17. The van der Waals surface area contributed by atoms with Gasteiger partial charge in [-0.3, -0.25) is 4.68 Å². The van der Waals surface area contributed by atoms with Gasteiger partial charge in [0.15, 0.2) is 0 Å². The van der Waals surface area contributed by atoms with Crippen LogP contribution in [0.2, 0.25) is 0 Å². The highest BCUT2D eigenvalue weighted by atomic mass is 16.4. The molecule has 0 aliphatic rings. The highest BCUT2D eigenvalue weighted by Gasteiger charge is 2.16. The summed E-state index contributed by atoms with van der Waals surface area (Å²) in [7, 11) is 0. The number of hydrogen-bond donors (Lipinski definition) is 0. The van der Waals surface area contributed by atoms with Crippen LogP contribution in [-0.4, -0.2) is 9.78 Å². The van der Waals surface area contributed by atoms with Gasteiger partial charge in [-0.25, -0.2) is 4.79 Å².